The van der Waals surface area contributed by atoms with Gasteiger partial charge in [-0.3, -0.25) is 14.9 Å². The number of aldehydes is 1. The van der Waals surface area contributed by atoms with Crippen molar-refractivity contribution >= 4 is 17.7 Å². The molecule has 1 aromatic rings. The molecule has 0 unspecified atom stereocenters. The molecule has 62 valence electrons. The van der Waals surface area contributed by atoms with Crippen LogP contribution in [-0.4, -0.2) is 11.2 Å². The average molecular weight is 166 g/mol. The van der Waals surface area contributed by atoms with Gasteiger partial charge in [-0.2, -0.15) is 0 Å². The van der Waals surface area contributed by atoms with E-state index >= 15 is 0 Å². The van der Waals surface area contributed by atoms with Crippen LogP contribution in [0.2, 0.25) is 0 Å². The molecule has 0 radical (unpaired) electrons. The Kier molecular flexibility index (Phi) is 2.05. The number of nitro groups is 1. The molecule has 0 atom stereocenters. The van der Waals surface area contributed by atoms with Gasteiger partial charge in [-0.15, -0.1) is 0 Å². The lowest BCUT2D eigenvalue weighted by molar-refractivity contribution is -0.385. The molecule has 2 N–H and O–H groups in total. The first-order chi connectivity index (χ1) is 5.66. The molecule has 1 aromatic carbocycles. The molecular weight excluding hydrogens is 160 g/mol. The third kappa shape index (κ3) is 1.24. The molecule has 0 aromatic heterocycles. The van der Waals surface area contributed by atoms with Gasteiger partial charge in [-0.1, -0.05) is 6.07 Å². The van der Waals surface area contributed by atoms with Gasteiger partial charge in [0.15, 0.2) is 6.29 Å². The zero-order chi connectivity index (χ0) is 9.14. The smallest absolute Gasteiger partial charge is 0.281 e. The van der Waals surface area contributed by atoms with Gasteiger partial charge >= 0.3 is 0 Å². The maximum Gasteiger partial charge on any atom is 0.281 e. The zero-order valence-corrected chi connectivity index (χ0v) is 6.06. The standard InChI is InChI=1S/C7H6N2O3/c8-6-2-1-3-7(9(11)12)5(6)4-10/h1-4H,8H2. The molecule has 0 saturated heterocycles. The van der Waals surface area contributed by atoms with Gasteiger partial charge in [-0.05, 0) is 6.07 Å². The van der Waals surface area contributed by atoms with Gasteiger partial charge in [-0.25, -0.2) is 0 Å². The minimum atomic E-state index is -0.639. The molecule has 0 aliphatic rings. The first kappa shape index (κ1) is 8.19. The molecule has 0 amide bonds. The summed E-state index contributed by atoms with van der Waals surface area (Å²) in [7, 11) is 0. The van der Waals surface area contributed by atoms with Crippen molar-refractivity contribution in [3.05, 3.63) is 33.9 Å². The fraction of sp³-hybridized carbons (Fsp3) is 0. The van der Waals surface area contributed by atoms with E-state index in [0.29, 0.717) is 6.29 Å². The second kappa shape index (κ2) is 3.00. The van der Waals surface area contributed by atoms with E-state index in [0.717, 1.165) is 0 Å². The van der Waals surface area contributed by atoms with Crippen molar-refractivity contribution < 1.29 is 9.72 Å². The molecule has 0 spiro atoms. The van der Waals surface area contributed by atoms with Crippen molar-refractivity contribution in [2.45, 2.75) is 0 Å². The molecule has 0 heterocycles. The van der Waals surface area contributed by atoms with Gasteiger partial charge in [0.25, 0.3) is 5.69 Å². The topological polar surface area (TPSA) is 86.2 Å². The Labute approximate surface area is 68.0 Å². The first-order valence-electron chi connectivity index (χ1n) is 3.15. The normalized spacial score (nSPS) is 9.33. The highest BCUT2D eigenvalue weighted by Crippen LogP contribution is 2.21. The van der Waals surface area contributed by atoms with Gasteiger partial charge in [0, 0.05) is 11.8 Å². The second-order valence-electron chi connectivity index (χ2n) is 2.16. The van der Waals surface area contributed by atoms with Crippen LogP contribution in [0.3, 0.4) is 0 Å². The van der Waals surface area contributed by atoms with Crippen molar-refractivity contribution in [1.82, 2.24) is 0 Å². The summed E-state index contributed by atoms with van der Waals surface area (Å²) in [5.41, 5.74) is 5.13. The Morgan fingerprint density at radius 1 is 1.50 bits per heavy atom. The summed E-state index contributed by atoms with van der Waals surface area (Å²) in [5.74, 6) is 0. The quantitative estimate of drug-likeness (QED) is 0.307. The van der Waals surface area contributed by atoms with Crippen LogP contribution in [0.5, 0.6) is 0 Å². The van der Waals surface area contributed by atoms with Crippen LogP contribution in [0.4, 0.5) is 11.4 Å². The Morgan fingerprint density at radius 3 is 2.58 bits per heavy atom. The summed E-state index contributed by atoms with van der Waals surface area (Å²) in [6.45, 7) is 0. The van der Waals surface area contributed by atoms with Gasteiger partial charge in [0.1, 0.15) is 5.56 Å². The van der Waals surface area contributed by atoms with Crippen LogP contribution in [0.25, 0.3) is 0 Å². The van der Waals surface area contributed by atoms with E-state index in [4.69, 9.17) is 5.73 Å². The Hall–Kier alpha value is -1.91. The highest BCUT2D eigenvalue weighted by Gasteiger charge is 2.14. The number of benzene rings is 1. The number of nitrogens with zero attached hydrogens (tertiary/aromatic N) is 1. The van der Waals surface area contributed by atoms with Crippen LogP contribution < -0.4 is 5.73 Å². The highest BCUT2D eigenvalue weighted by molar-refractivity contribution is 5.88. The van der Waals surface area contributed by atoms with Crippen LogP contribution in [-0.2, 0) is 0 Å². The van der Waals surface area contributed by atoms with Crippen LogP contribution in [0.1, 0.15) is 10.4 Å². The SMILES string of the molecule is Nc1cccc([N+](=O)[O-])c1C=O. The van der Waals surface area contributed by atoms with E-state index in [1.54, 1.807) is 0 Å². The predicted octanol–water partition coefficient (Wildman–Crippen LogP) is 0.990. The fourth-order valence-electron chi connectivity index (χ4n) is 0.858. The minimum absolute atomic E-state index is 0.0671. The number of nitro benzene ring substituents is 1. The summed E-state index contributed by atoms with van der Waals surface area (Å²) in [6, 6.07) is 4.11. The van der Waals surface area contributed by atoms with Crippen LogP contribution >= 0.6 is 0 Å². The van der Waals surface area contributed by atoms with Gasteiger partial charge in [0.05, 0.1) is 4.92 Å². The third-order valence-electron chi connectivity index (χ3n) is 1.43. The lowest BCUT2D eigenvalue weighted by atomic mass is 10.1. The van der Waals surface area contributed by atoms with E-state index in [-0.39, 0.29) is 16.9 Å². The molecule has 5 heteroatoms. The number of rotatable bonds is 2. The van der Waals surface area contributed by atoms with Crippen molar-refractivity contribution in [3.63, 3.8) is 0 Å². The van der Waals surface area contributed by atoms with Gasteiger partial charge in [0.2, 0.25) is 0 Å². The maximum atomic E-state index is 10.4. The lowest BCUT2D eigenvalue weighted by Gasteiger charge is -1.97. The summed E-state index contributed by atoms with van der Waals surface area (Å²) in [4.78, 5) is 20.1. The van der Waals surface area contributed by atoms with Crippen molar-refractivity contribution in [1.29, 1.82) is 0 Å². The van der Waals surface area contributed by atoms with Crippen LogP contribution in [0, 0.1) is 10.1 Å². The molecule has 5 nitrogen and oxygen atoms in total. The van der Waals surface area contributed by atoms with Crippen molar-refractivity contribution in [2.75, 3.05) is 5.73 Å². The summed E-state index contributed by atoms with van der Waals surface area (Å²) >= 11 is 0. The van der Waals surface area contributed by atoms with Crippen molar-refractivity contribution in [3.8, 4) is 0 Å². The average Bonchev–Trinajstić information content (AvgIpc) is 2.03. The minimum Gasteiger partial charge on any atom is -0.398 e. The highest BCUT2D eigenvalue weighted by atomic mass is 16.6. The van der Waals surface area contributed by atoms with Crippen LogP contribution in [0.15, 0.2) is 18.2 Å². The predicted molar refractivity (Wildman–Crippen MR) is 42.9 cm³/mol. The molecule has 1 rings (SSSR count). The monoisotopic (exact) mass is 166 g/mol. The summed E-state index contributed by atoms with van der Waals surface area (Å²) < 4.78 is 0. The van der Waals surface area contributed by atoms with Gasteiger partial charge < -0.3 is 5.73 Å². The lowest BCUT2D eigenvalue weighted by Crippen LogP contribution is -1.98. The third-order valence-corrected chi connectivity index (χ3v) is 1.43. The molecule has 12 heavy (non-hydrogen) atoms. The second-order valence-corrected chi connectivity index (χ2v) is 2.16. The Morgan fingerprint density at radius 2 is 2.17 bits per heavy atom. The summed E-state index contributed by atoms with van der Waals surface area (Å²) in [5, 5.41) is 10.3. The number of nitrogens with two attached hydrogens (primary N) is 1. The molecule has 0 bridgehead atoms. The van der Waals surface area contributed by atoms with E-state index in [9.17, 15) is 14.9 Å². The molecule has 0 aliphatic heterocycles. The molecule has 0 fully saturated rings. The molecule has 0 aliphatic carbocycles. The zero-order valence-electron chi connectivity index (χ0n) is 6.06. The Balaban J connectivity index is 3.37. The number of nitrogen functional groups attached to an aromatic ring is 1. The summed E-state index contributed by atoms with van der Waals surface area (Å²) in [6.07, 6.45) is 0.382. The number of carbonyl (C=O) groups is 1. The van der Waals surface area contributed by atoms with E-state index in [2.05, 4.69) is 0 Å². The largest absolute Gasteiger partial charge is 0.398 e. The molecule has 0 saturated carbocycles. The van der Waals surface area contributed by atoms with E-state index in [1.165, 1.54) is 18.2 Å². The Bertz CT molecular complexity index is 335. The molecular formula is C7H6N2O3. The van der Waals surface area contributed by atoms with E-state index < -0.39 is 4.92 Å². The number of carbonyl (C=O) groups excluding carboxylic acids is 1. The van der Waals surface area contributed by atoms with E-state index in [1.807, 2.05) is 0 Å². The van der Waals surface area contributed by atoms with Crippen molar-refractivity contribution in [2.24, 2.45) is 0 Å². The first-order valence-corrected chi connectivity index (χ1v) is 3.15. The number of hydrogen-bond acceptors (Lipinski definition) is 4. The number of anilines is 1. The fourth-order valence-corrected chi connectivity index (χ4v) is 0.858. The maximum absolute atomic E-state index is 10.4. The number of hydrogen-bond donors (Lipinski definition) is 1.